The van der Waals surface area contributed by atoms with E-state index in [9.17, 15) is 0 Å². The predicted octanol–water partition coefficient (Wildman–Crippen LogP) is 15.3. The van der Waals surface area contributed by atoms with Gasteiger partial charge >= 0.3 is 0 Å². The molecule has 3 nitrogen and oxygen atoms in total. The number of anilines is 3. The lowest BCUT2D eigenvalue weighted by Gasteiger charge is -2.26. The minimum atomic E-state index is 0.890. The highest BCUT2D eigenvalue weighted by molar-refractivity contribution is 6.20. The maximum absolute atomic E-state index is 6.51. The Bertz CT molecular complexity index is 3520. The molecule has 0 aliphatic rings. The molecule has 0 saturated carbocycles. The van der Waals surface area contributed by atoms with Crippen LogP contribution in [0.4, 0.5) is 17.1 Å². The number of para-hydroxylation sites is 3. The zero-order valence-corrected chi connectivity index (χ0v) is 30.9. The molecule has 10 aromatic carbocycles. The molecule has 0 fully saturated rings. The van der Waals surface area contributed by atoms with Crippen LogP contribution in [-0.4, -0.2) is 4.57 Å². The number of nitrogens with zero attached hydrogens (tertiary/aromatic N) is 2. The van der Waals surface area contributed by atoms with E-state index >= 15 is 0 Å². The second-order valence-electron chi connectivity index (χ2n) is 14.9. The summed E-state index contributed by atoms with van der Waals surface area (Å²) in [6.45, 7) is 0. The highest BCUT2D eigenvalue weighted by Crippen LogP contribution is 2.42. The molecule has 0 bridgehead atoms. The summed E-state index contributed by atoms with van der Waals surface area (Å²) in [4.78, 5) is 2.36. The molecule has 2 heterocycles. The van der Waals surface area contributed by atoms with Crippen LogP contribution >= 0.6 is 0 Å². The first kappa shape index (κ1) is 31.7. The molecule has 3 heteroatoms. The third-order valence-electron chi connectivity index (χ3n) is 11.7. The summed E-state index contributed by atoms with van der Waals surface area (Å²) in [6.07, 6.45) is 0. The van der Waals surface area contributed by atoms with Crippen molar-refractivity contribution in [3.8, 4) is 16.8 Å². The van der Waals surface area contributed by atoms with E-state index in [-0.39, 0.29) is 0 Å². The molecule has 0 amide bonds. The molecule has 0 aliphatic carbocycles. The summed E-state index contributed by atoms with van der Waals surface area (Å²) in [5.41, 5.74) is 11.0. The summed E-state index contributed by atoms with van der Waals surface area (Å²) in [5, 5.41) is 12.1. The molecule has 12 rings (SSSR count). The molecule has 57 heavy (non-hydrogen) atoms. The number of hydrogen-bond acceptors (Lipinski definition) is 2. The predicted molar refractivity (Wildman–Crippen MR) is 241 cm³/mol. The monoisotopic (exact) mass is 726 g/mol. The number of furan rings is 1. The van der Waals surface area contributed by atoms with Crippen LogP contribution in [-0.2, 0) is 0 Å². The van der Waals surface area contributed by atoms with Crippen LogP contribution in [0.1, 0.15) is 0 Å². The van der Waals surface area contributed by atoms with E-state index in [1.54, 1.807) is 0 Å². The van der Waals surface area contributed by atoms with Crippen molar-refractivity contribution in [3.63, 3.8) is 0 Å². The van der Waals surface area contributed by atoms with E-state index in [0.29, 0.717) is 0 Å². The van der Waals surface area contributed by atoms with Gasteiger partial charge in [-0.3, -0.25) is 0 Å². The van der Waals surface area contributed by atoms with Crippen molar-refractivity contribution in [2.24, 2.45) is 0 Å². The van der Waals surface area contributed by atoms with Crippen molar-refractivity contribution in [2.45, 2.75) is 0 Å². The minimum absolute atomic E-state index is 0.890. The van der Waals surface area contributed by atoms with Gasteiger partial charge in [0.1, 0.15) is 11.2 Å². The molecule has 0 aliphatic heterocycles. The number of rotatable bonds is 5. The molecule has 0 radical (unpaired) electrons. The van der Waals surface area contributed by atoms with Gasteiger partial charge < -0.3 is 13.9 Å². The second-order valence-corrected chi connectivity index (χ2v) is 14.9. The Morgan fingerprint density at radius 1 is 0.333 bits per heavy atom. The zero-order chi connectivity index (χ0) is 37.5. The molecule has 0 N–H and O–H groups in total. The van der Waals surface area contributed by atoms with Gasteiger partial charge in [-0.15, -0.1) is 0 Å². The maximum atomic E-state index is 6.51. The number of aromatic nitrogens is 1. The van der Waals surface area contributed by atoms with Gasteiger partial charge in [0.2, 0.25) is 0 Å². The van der Waals surface area contributed by atoms with Crippen LogP contribution in [0.5, 0.6) is 0 Å². The Morgan fingerprint density at radius 2 is 0.947 bits per heavy atom. The summed E-state index contributed by atoms with van der Waals surface area (Å²) in [6, 6.07) is 74.5. The molecule has 2 aromatic heterocycles. The fourth-order valence-electron chi connectivity index (χ4n) is 9.07. The van der Waals surface area contributed by atoms with E-state index in [1.165, 1.54) is 54.3 Å². The van der Waals surface area contributed by atoms with Crippen molar-refractivity contribution in [2.75, 3.05) is 4.90 Å². The molecule has 0 atom stereocenters. The van der Waals surface area contributed by atoms with E-state index in [0.717, 1.165) is 55.6 Å². The van der Waals surface area contributed by atoms with Gasteiger partial charge in [0.05, 0.1) is 11.0 Å². The first-order chi connectivity index (χ1) is 28.2. The van der Waals surface area contributed by atoms with Crippen molar-refractivity contribution in [3.05, 3.63) is 206 Å². The average molecular weight is 727 g/mol. The number of fused-ring (bicyclic) bond motifs is 11. The second kappa shape index (κ2) is 12.5. The lowest BCUT2D eigenvalue weighted by Crippen LogP contribution is -2.09. The third kappa shape index (κ3) is 4.99. The summed E-state index contributed by atoms with van der Waals surface area (Å²) < 4.78 is 8.87. The normalized spacial score (nSPS) is 11.9. The van der Waals surface area contributed by atoms with Crippen LogP contribution in [0.3, 0.4) is 0 Å². The summed E-state index contributed by atoms with van der Waals surface area (Å²) >= 11 is 0. The Balaban J connectivity index is 1.00. The molecule has 266 valence electrons. The van der Waals surface area contributed by atoms with Crippen LogP contribution < -0.4 is 4.90 Å². The Kier molecular flexibility index (Phi) is 6.93. The molecule has 0 spiro atoms. The van der Waals surface area contributed by atoms with Gasteiger partial charge in [0, 0.05) is 44.3 Å². The number of hydrogen-bond donors (Lipinski definition) is 0. The van der Waals surface area contributed by atoms with E-state index in [2.05, 4.69) is 216 Å². The van der Waals surface area contributed by atoms with Gasteiger partial charge in [0.25, 0.3) is 0 Å². The zero-order valence-electron chi connectivity index (χ0n) is 30.9. The quantitative estimate of drug-likeness (QED) is 0.165. The molecular weight excluding hydrogens is 693 g/mol. The van der Waals surface area contributed by atoms with Crippen molar-refractivity contribution in [1.82, 2.24) is 4.57 Å². The Labute approximate surface area is 328 Å². The number of benzene rings is 10. The lowest BCUT2D eigenvalue weighted by atomic mass is 9.98. The first-order valence-corrected chi connectivity index (χ1v) is 19.5. The fourth-order valence-corrected chi connectivity index (χ4v) is 9.07. The van der Waals surface area contributed by atoms with E-state index in [4.69, 9.17) is 4.42 Å². The molecular formula is C54H34N2O. The largest absolute Gasteiger partial charge is 0.456 e. The van der Waals surface area contributed by atoms with Gasteiger partial charge in [-0.2, -0.15) is 0 Å². The van der Waals surface area contributed by atoms with Gasteiger partial charge in [0.15, 0.2) is 0 Å². The lowest BCUT2D eigenvalue weighted by molar-refractivity contribution is 0.669. The van der Waals surface area contributed by atoms with Crippen molar-refractivity contribution >= 4 is 93.1 Å². The van der Waals surface area contributed by atoms with Crippen LogP contribution in [0, 0.1) is 0 Å². The Hall–Kier alpha value is -7.62. The van der Waals surface area contributed by atoms with Crippen LogP contribution in [0.2, 0.25) is 0 Å². The van der Waals surface area contributed by atoms with Crippen molar-refractivity contribution < 1.29 is 4.42 Å². The summed E-state index contributed by atoms with van der Waals surface area (Å²) in [5.74, 6) is 0. The van der Waals surface area contributed by atoms with E-state index in [1.807, 2.05) is 0 Å². The molecule has 12 aromatic rings. The maximum Gasteiger partial charge on any atom is 0.136 e. The third-order valence-corrected chi connectivity index (χ3v) is 11.7. The highest BCUT2D eigenvalue weighted by Gasteiger charge is 2.18. The Morgan fingerprint density at radius 3 is 1.81 bits per heavy atom. The van der Waals surface area contributed by atoms with Crippen LogP contribution in [0.15, 0.2) is 211 Å². The molecule has 0 saturated heterocycles. The van der Waals surface area contributed by atoms with Gasteiger partial charge in [-0.05, 0) is 128 Å². The molecule has 0 unspecified atom stereocenters. The smallest absolute Gasteiger partial charge is 0.136 e. The van der Waals surface area contributed by atoms with E-state index < -0.39 is 0 Å². The fraction of sp³-hybridized carbons (Fsp3) is 0. The van der Waals surface area contributed by atoms with Gasteiger partial charge in [-0.1, -0.05) is 121 Å². The van der Waals surface area contributed by atoms with Crippen molar-refractivity contribution in [1.29, 1.82) is 0 Å². The minimum Gasteiger partial charge on any atom is -0.456 e. The SMILES string of the molecule is c1ccc(N(c2ccc3c(ccc4oc5ccc(-c6ccc7c(c6)c6ccccc6n7-c6ccccc6)cc5c43)c2)c2ccc3ccc4ccccc4c3c2)cc1. The summed E-state index contributed by atoms with van der Waals surface area (Å²) in [7, 11) is 0. The van der Waals surface area contributed by atoms with Crippen LogP contribution in [0.25, 0.3) is 92.9 Å². The highest BCUT2D eigenvalue weighted by atomic mass is 16.3. The standard InChI is InChI=1S/C54H34N2O/c1-3-12-40(13-4-1)55(43-25-21-36-20-19-35-11-7-8-16-44(35)47(36)34-43)42-26-27-45-39(31-42)24-30-53-54(45)49-33-38(23-29-52(49)57-53)37-22-28-51-48(32-37)46-17-9-10-18-50(46)56(51)41-14-5-2-6-15-41/h1-34H. The topological polar surface area (TPSA) is 21.3 Å². The first-order valence-electron chi connectivity index (χ1n) is 19.5. The average Bonchev–Trinajstić information content (AvgIpc) is 3.82. The van der Waals surface area contributed by atoms with Gasteiger partial charge in [-0.25, -0.2) is 0 Å².